The zero-order valence-electron chi connectivity index (χ0n) is 12.7. The van der Waals surface area contributed by atoms with Crippen LogP contribution in [0.5, 0.6) is 0 Å². The van der Waals surface area contributed by atoms with Crippen molar-refractivity contribution in [2.24, 2.45) is 17.8 Å². The molecule has 0 aromatic heterocycles. The quantitative estimate of drug-likeness (QED) is 0.801. The number of amides is 1. The van der Waals surface area contributed by atoms with Crippen molar-refractivity contribution >= 4 is 40.8 Å². The molecule has 124 valence electrons. The monoisotopic (exact) mass is 355 g/mol. The molecule has 6 heteroatoms. The molecular weight excluding hydrogens is 337 g/mol. The maximum absolute atomic E-state index is 11.9. The van der Waals surface area contributed by atoms with Crippen molar-refractivity contribution in [3.8, 4) is 0 Å². The summed E-state index contributed by atoms with van der Waals surface area (Å²) in [7, 11) is 0. The number of carbonyl (C=O) groups is 2. The number of fused-ring (bicyclic) bond motifs is 2. The number of hydrogen-bond donors (Lipinski definition) is 1. The maximum atomic E-state index is 11.9. The summed E-state index contributed by atoms with van der Waals surface area (Å²) in [6, 6.07) is 4.79. The molecule has 1 aromatic rings. The molecule has 2 aliphatic rings. The summed E-state index contributed by atoms with van der Waals surface area (Å²) in [5, 5.41) is 3.45. The molecule has 2 fully saturated rings. The van der Waals surface area contributed by atoms with Gasteiger partial charge in [-0.25, -0.2) is 0 Å². The number of nitrogens with one attached hydrogen (secondary N) is 1. The lowest BCUT2D eigenvalue weighted by Crippen LogP contribution is -2.23. The van der Waals surface area contributed by atoms with Crippen molar-refractivity contribution in [3.63, 3.8) is 0 Å². The highest BCUT2D eigenvalue weighted by Gasteiger charge is 2.40. The van der Waals surface area contributed by atoms with Gasteiger partial charge in [-0.2, -0.15) is 0 Å². The van der Waals surface area contributed by atoms with Gasteiger partial charge in [-0.1, -0.05) is 29.6 Å². The second-order valence-corrected chi connectivity index (χ2v) is 7.32. The molecule has 0 aliphatic heterocycles. The molecule has 0 unspecified atom stereocenters. The minimum atomic E-state index is -0.421. The highest BCUT2D eigenvalue weighted by Crippen LogP contribution is 2.49. The Kier molecular flexibility index (Phi) is 5.12. The summed E-state index contributed by atoms with van der Waals surface area (Å²) in [5.41, 5.74) is 0.410. The number of halogens is 2. The van der Waals surface area contributed by atoms with Gasteiger partial charge in [0.1, 0.15) is 0 Å². The molecule has 2 saturated carbocycles. The zero-order chi connectivity index (χ0) is 16.4. The first-order chi connectivity index (χ1) is 11.0. The van der Waals surface area contributed by atoms with E-state index < -0.39 is 5.91 Å². The molecule has 0 radical (unpaired) electrons. The maximum Gasteiger partial charge on any atom is 0.306 e. The van der Waals surface area contributed by atoms with Crippen molar-refractivity contribution < 1.29 is 14.3 Å². The molecule has 3 atom stereocenters. The highest BCUT2D eigenvalue weighted by atomic mass is 35.5. The molecule has 3 rings (SSSR count). The van der Waals surface area contributed by atoms with Crippen LogP contribution in [0.3, 0.4) is 0 Å². The van der Waals surface area contributed by atoms with Crippen molar-refractivity contribution in [2.75, 3.05) is 11.9 Å². The van der Waals surface area contributed by atoms with E-state index in [9.17, 15) is 9.59 Å². The van der Waals surface area contributed by atoms with Crippen LogP contribution in [0.15, 0.2) is 18.2 Å². The first kappa shape index (κ1) is 16.6. The average Bonchev–Trinajstić information content (AvgIpc) is 3.11. The predicted molar refractivity (Wildman–Crippen MR) is 89.6 cm³/mol. The zero-order valence-corrected chi connectivity index (χ0v) is 14.2. The number of ether oxygens (including phenoxy) is 1. The van der Waals surface area contributed by atoms with Crippen LogP contribution < -0.4 is 5.32 Å². The van der Waals surface area contributed by atoms with E-state index in [4.69, 9.17) is 27.9 Å². The van der Waals surface area contributed by atoms with Crippen LogP contribution in [-0.4, -0.2) is 18.5 Å². The summed E-state index contributed by atoms with van der Waals surface area (Å²) in [5.74, 6) is 1.19. The molecule has 1 amide bonds. The summed E-state index contributed by atoms with van der Waals surface area (Å²) < 4.78 is 5.09. The summed E-state index contributed by atoms with van der Waals surface area (Å²) >= 11 is 11.8. The molecule has 2 aliphatic carbocycles. The number of hydrogen-bond acceptors (Lipinski definition) is 3. The van der Waals surface area contributed by atoms with Crippen LogP contribution in [-0.2, 0) is 14.3 Å². The van der Waals surface area contributed by atoms with Gasteiger partial charge in [-0.15, -0.1) is 0 Å². The molecule has 0 spiro atoms. The number of carbonyl (C=O) groups excluding carboxylic acids is 2. The van der Waals surface area contributed by atoms with E-state index in [1.165, 1.54) is 19.3 Å². The second-order valence-electron chi connectivity index (χ2n) is 6.47. The third-order valence-corrected chi connectivity index (χ3v) is 5.44. The van der Waals surface area contributed by atoms with Crippen molar-refractivity contribution in [2.45, 2.75) is 32.1 Å². The van der Waals surface area contributed by atoms with Gasteiger partial charge in [0.15, 0.2) is 6.61 Å². The van der Waals surface area contributed by atoms with E-state index in [0.29, 0.717) is 34.0 Å². The van der Waals surface area contributed by atoms with Crippen LogP contribution in [0.25, 0.3) is 0 Å². The standard InChI is InChI=1S/C17H19Cl2NO3/c18-13-3-4-14(19)15(8-13)20-16(21)9-23-17(22)7-12-6-10-1-2-11(12)5-10/h3-4,8,10-12H,1-2,5-7,9H2,(H,20,21)/t10-,11+,12+/m0/s1. The van der Waals surface area contributed by atoms with Crippen LogP contribution in [0, 0.1) is 17.8 Å². The van der Waals surface area contributed by atoms with E-state index in [-0.39, 0.29) is 12.6 Å². The van der Waals surface area contributed by atoms with E-state index in [1.54, 1.807) is 18.2 Å². The van der Waals surface area contributed by atoms with Gasteiger partial charge in [0.25, 0.3) is 5.91 Å². The first-order valence-electron chi connectivity index (χ1n) is 7.92. The average molecular weight is 356 g/mol. The normalized spacial score (nSPS) is 25.4. The van der Waals surface area contributed by atoms with Gasteiger partial charge in [0.2, 0.25) is 0 Å². The van der Waals surface area contributed by atoms with Gasteiger partial charge in [-0.05, 0) is 55.2 Å². The van der Waals surface area contributed by atoms with Gasteiger partial charge in [0, 0.05) is 11.4 Å². The first-order valence-corrected chi connectivity index (χ1v) is 8.67. The lowest BCUT2D eigenvalue weighted by atomic mass is 9.86. The topological polar surface area (TPSA) is 55.4 Å². The number of anilines is 1. The largest absolute Gasteiger partial charge is 0.456 e. The number of benzene rings is 1. The smallest absolute Gasteiger partial charge is 0.306 e. The lowest BCUT2D eigenvalue weighted by Gasteiger charge is -2.20. The molecule has 0 saturated heterocycles. The second kappa shape index (κ2) is 7.10. The Hall–Kier alpha value is -1.26. The summed E-state index contributed by atoms with van der Waals surface area (Å²) in [6.07, 6.45) is 5.34. The van der Waals surface area contributed by atoms with E-state index in [1.807, 2.05) is 0 Å². The molecule has 23 heavy (non-hydrogen) atoms. The van der Waals surface area contributed by atoms with Gasteiger partial charge in [-0.3, -0.25) is 9.59 Å². The Labute approximate surface area is 145 Å². The lowest BCUT2D eigenvalue weighted by molar-refractivity contribution is -0.148. The Morgan fingerprint density at radius 3 is 2.74 bits per heavy atom. The molecule has 1 N–H and O–H groups in total. The fraction of sp³-hybridized carbons (Fsp3) is 0.529. The van der Waals surface area contributed by atoms with Gasteiger partial charge >= 0.3 is 5.97 Å². The Balaban J connectivity index is 1.43. The SMILES string of the molecule is O=C(COC(=O)C[C@H]1C[C@H]2CC[C@@H]1C2)Nc1cc(Cl)ccc1Cl. The van der Waals surface area contributed by atoms with E-state index >= 15 is 0 Å². The van der Waals surface area contributed by atoms with Gasteiger partial charge < -0.3 is 10.1 Å². The molecular formula is C17H19Cl2NO3. The fourth-order valence-electron chi connectivity index (χ4n) is 3.83. The minimum absolute atomic E-state index is 0.296. The van der Waals surface area contributed by atoms with E-state index in [2.05, 4.69) is 5.32 Å². The highest BCUT2D eigenvalue weighted by molar-refractivity contribution is 6.35. The molecule has 1 aromatic carbocycles. The number of rotatable bonds is 5. The minimum Gasteiger partial charge on any atom is -0.456 e. The Morgan fingerprint density at radius 2 is 2.04 bits per heavy atom. The predicted octanol–water partition coefficient (Wildman–Crippen LogP) is 4.30. The third kappa shape index (κ3) is 4.18. The van der Waals surface area contributed by atoms with Crippen molar-refractivity contribution in [3.05, 3.63) is 28.2 Å². The van der Waals surface area contributed by atoms with Crippen LogP contribution >= 0.6 is 23.2 Å². The number of esters is 1. The van der Waals surface area contributed by atoms with E-state index in [0.717, 1.165) is 12.3 Å². The Morgan fingerprint density at radius 1 is 1.22 bits per heavy atom. The van der Waals surface area contributed by atoms with Crippen molar-refractivity contribution in [1.82, 2.24) is 0 Å². The van der Waals surface area contributed by atoms with Crippen LogP contribution in [0.1, 0.15) is 32.1 Å². The van der Waals surface area contributed by atoms with Crippen LogP contribution in [0.2, 0.25) is 10.0 Å². The van der Waals surface area contributed by atoms with Gasteiger partial charge in [0.05, 0.1) is 10.7 Å². The van der Waals surface area contributed by atoms with Crippen LogP contribution in [0.4, 0.5) is 5.69 Å². The molecule has 0 heterocycles. The molecule has 2 bridgehead atoms. The fourth-order valence-corrected chi connectivity index (χ4v) is 4.16. The summed E-state index contributed by atoms with van der Waals surface area (Å²) in [4.78, 5) is 23.8. The Bertz CT molecular complexity index is 620. The molecule has 4 nitrogen and oxygen atoms in total. The summed E-state index contributed by atoms with van der Waals surface area (Å²) in [6.45, 7) is -0.303. The third-order valence-electron chi connectivity index (χ3n) is 4.88. The van der Waals surface area contributed by atoms with Crippen molar-refractivity contribution in [1.29, 1.82) is 0 Å².